The van der Waals surface area contributed by atoms with Crippen molar-refractivity contribution in [2.24, 2.45) is 0 Å². The maximum atomic E-state index is 14.1. The molecule has 1 aliphatic carbocycles. The van der Waals surface area contributed by atoms with Crippen molar-refractivity contribution in [3.8, 4) is 5.75 Å². The number of anilines is 1. The average molecular weight is 646 g/mol. The van der Waals surface area contributed by atoms with Crippen LogP contribution >= 0.6 is 0 Å². The summed E-state index contributed by atoms with van der Waals surface area (Å²) < 4.78 is 74.9. The van der Waals surface area contributed by atoms with E-state index in [9.17, 15) is 31.2 Å². The van der Waals surface area contributed by atoms with Gasteiger partial charge in [0.2, 0.25) is 11.8 Å². The van der Waals surface area contributed by atoms with Gasteiger partial charge in [0.05, 0.1) is 23.3 Å². The molecule has 0 aliphatic heterocycles. The number of alkyl halides is 3. The van der Waals surface area contributed by atoms with Gasteiger partial charge in [-0.15, -0.1) is 0 Å². The third kappa shape index (κ3) is 8.56. The van der Waals surface area contributed by atoms with Crippen LogP contribution in [0.15, 0.2) is 77.7 Å². The molecule has 1 saturated carbocycles. The summed E-state index contributed by atoms with van der Waals surface area (Å²) in [5, 5.41) is 3.02. The first kappa shape index (κ1) is 33.8. The Morgan fingerprint density at radius 2 is 1.64 bits per heavy atom. The molecule has 0 aromatic heterocycles. The zero-order chi connectivity index (χ0) is 32.8. The summed E-state index contributed by atoms with van der Waals surface area (Å²) in [6.45, 7) is 2.40. The van der Waals surface area contributed by atoms with Crippen LogP contribution in [0.5, 0.6) is 5.75 Å². The van der Waals surface area contributed by atoms with E-state index in [0.29, 0.717) is 21.7 Å². The van der Waals surface area contributed by atoms with E-state index in [1.807, 2.05) is 0 Å². The van der Waals surface area contributed by atoms with Gasteiger partial charge in [-0.05, 0) is 74.7 Å². The summed E-state index contributed by atoms with van der Waals surface area (Å²) >= 11 is 0. The highest BCUT2D eigenvalue weighted by atomic mass is 32.2. The number of carbonyl (C=O) groups excluding carboxylic acids is 2. The van der Waals surface area contributed by atoms with Gasteiger partial charge >= 0.3 is 6.18 Å². The summed E-state index contributed by atoms with van der Waals surface area (Å²) in [5.74, 6) is -0.644. The van der Waals surface area contributed by atoms with E-state index < -0.39 is 46.2 Å². The zero-order valence-electron chi connectivity index (χ0n) is 25.5. The molecule has 45 heavy (non-hydrogen) atoms. The molecule has 8 nitrogen and oxygen atoms in total. The fourth-order valence-electron chi connectivity index (χ4n) is 5.32. The molecule has 0 radical (unpaired) electrons. The van der Waals surface area contributed by atoms with Crippen molar-refractivity contribution in [1.82, 2.24) is 10.2 Å². The number of hydrogen-bond acceptors (Lipinski definition) is 5. The van der Waals surface area contributed by atoms with E-state index >= 15 is 0 Å². The largest absolute Gasteiger partial charge is 0.497 e. The summed E-state index contributed by atoms with van der Waals surface area (Å²) in [7, 11) is -3.02. The van der Waals surface area contributed by atoms with Crippen molar-refractivity contribution >= 4 is 27.5 Å². The van der Waals surface area contributed by atoms with Crippen LogP contribution in [0.4, 0.5) is 18.9 Å². The molecule has 12 heteroatoms. The van der Waals surface area contributed by atoms with Crippen LogP contribution in [-0.4, -0.2) is 50.9 Å². The van der Waals surface area contributed by atoms with E-state index in [-0.39, 0.29) is 23.2 Å². The smallest absolute Gasteiger partial charge is 0.416 e. The third-order valence-corrected chi connectivity index (χ3v) is 9.74. The molecule has 0 saturated heterocycles. The number of nitrogens with one attached hydrogen (secondary N) is 1. The lowest BCUT2D eigenvalue weighted by Crippen LogP contribution is -2.53. The number of sulfonamides is 1. The second-order valence-corrected chi connectivity index (χ2v) is 13.1. The molecule has 1 aliphatic rings. The van der Waals surface area contributed by atoms with Gasteiger partial charge in [-0.2, -0.15) is 13.2 Å². The van der Waals surface area contributed by atoms with E-state index in [1.165, 1.54) is 30.2 Å². The molecule has 242 valence electrons. The lowest BCUT2D eigenvalue weighted by Gasteiger charge is -2.33. The zero-order valence-corrected chi connectivity index (χ0v) is 26.3. The number of aryl methyl sites for hydroxylation is 1. The molecule has 0 spiro atoms. The molecular weight excluding hydrogens is 607 g/mol. The highest BCUT2D eigenvalue weighted by molar-refractivity contribution is 7.92. The first-order chi connectivity index (χ1) is 21.3. The summed E-state index contributed by atoms with van der Waals surface area (Å²) in [5.41, 5.74) is -0.00523. The highest BCUT2D eigenvalue weighted by Crippen LogP contribution is 2.33. The highest BCUT2D eigenvalue weighted by Gasteiger charge is 2.35. The molecule has 4 rings (SSSR count). The van der Waals surface area contributed by atoms with Gasteiger partial charge in [0, 0.05) is 12.6 Å². The van der Waals surface area contributed by atoms with E-state index in [1.54, 1.807) is 50.2 Å². The molecule has 3 aromatic rings. The van der Waals surface area contributed by atoms with Gasteiger partial charge in [-0.3, -0.25) is 13.9 Å². The van der Waals surface area contributed by atoms with Crippen LogP contribution in [0.3, 0.4) is 0 Å². The number of halogens is 3. The van der Waals surface area contributed by atoms with Gasteiger partial charge in [0.1, 0.15) is 18.3 Å². The molecular formula is C33H38F3N3O5S. The molecule has 0 bridgehead atoms. The number of carbonyl (C=O) groups is 2. The molecule has 3 aromatic carbocycles. The number of amides is 2. The number of hydrogen-bond donors (Lipinski definition) is 1. The predicted molar refractivity (Wildman–Crippen MR) is 165 cm³/mol. The first-order valence-corrected chi connectivity index (χ1v) is 16.2. The van der Waals surface area contributed by atoms with Gasteiger partial charge < -0.3 is 15.0 Å². The first-order valence-electron chi connectivity index (χ1n) is 14.8. The summed E-state index contributed by atoms with van der Waals surface area (Å²) in [6.07, 6.45) is -0.0589. The average Bonchev–Trinajstić information content (AvgIpc) is 3.02. The lowest BCUT2D eigenvalue weighted by atomic mass is 9.95. The minimum atomic E-state index is -4.75. The molecule has 1 unspecified atom stereocenters. The number of benzene rings is 3. The maximum Gasteiger partial charge on any atom is 0.416 e. The molecule has 0 heterocycles. The Morgan fingerprint density at radius 1 is 0.978 bits per heavy atom. The molecule has 1 N–H and O–H groups in total. The van der Waals surface area contributed by atoms with Crippen molar-refractivity contribution < 1.29 is 35.9 Å². The quantitative estimate of drug-likeness (QED) is 0.273. The Morgan fingerprint density at radius 3 is 2.29 bits per heavy atom. The molecule has 1 fully saturated rings. The molecule has 1 atom stereocenters. The number of ether oxygens (including phenoxy) is 1. The maximum absolute atomic E-state index is 14.1. The van der Waals surface area contributed by atoms with Crippen LogP contribution in [0, 0.1) is 6.92 Å². The summed E-state index contributed by atoms with van der Waals surface area (Å²) in [6, 6.07) is 15.4. The van der Waals surface area contributed by atoms with Crippen molar-refractivity contribution in [3.63, 3.8) is 0 Å². The Kier molecular flexibility index (Phi) is 10.8. The fourth-order valence-corrected chi connectivity index (χ4v) is 6.73. The van der Waals surface area contributed by atoms with Gasteiger partial charge in [0.15, 0.2) is 0 Å². The van der Waals surface area contributed by atoms with E-state index in [4.69, 9.17) is 4.74 Å². The monoisotopic (exact) mass is 645 g/mol. The fraction of sp³-hybridized carbons (Fsp3) is 0.394. The normalized spacial score (nSPS) is 14.8. The second-order valence-electron chi connectivity index (χ2n) is 11.3. The van der Waals surface area contributed by atoms with Crippen LogP contribution in [0.25, 0.3) is 0 Å². The van der Waals surface area contributed by atoms with Crippen molar-refractivity contribution in [2.75, 3.05) is 18.0 Å². The number of rotatable bonds is 11. The topological polar surface area (TPSA) is 96.0 Å². The Labute approximate surface area is 262 Å². The predicted octanol–water partition coefficient (Wildman–Crippen LogP) is 6.08. The minimum absolute atomic E-state index is 0.0361. The second kappa shape index (κ2) is 14.4. The minimum Gasteiger partial charge on any atom is -0.497 e. The Balaban J connectivity index is 1.73. The SMILES string of the molecule is COc1cccc(CN(C(=O)CN(c2cccc(C(F)(F)F)c2)S(=O)(=O)c2ccc(C)cc2)C(C)C(=O)NC2CCCCC2)c1. The van der Waals surface area contributed by atoms with Crippen LogP contribution in [0.1, 0.15) is 55.7 Å². The Hall–Kier alpha value is -4.06. The van der Waals surface area contributed by atoms with Gasteiger partial charge in [0.25, 0.3) is 10.0 Å². The summed E-state index contributed by atoms with van der Waals surface area (Å²) in [4.78, 5) is 28.6. The Bertz CT molecular complexity index is 1590. The van der Waals surface area contributed by atoms with Crippen molar-refractivity contribution in [3.05, 3.63) is 89.5 Å². The van der Waals surface area contributed by atoms with Crippen molar-refractivity contribution in [2.45, 2.75) is 75.7 Å². The van der Waals surface area contributed by atoms with Crippen LogP contribution in [0.2, 0.25) is 0 Å². The van der Waals surface area contributed by atoms with Crippen LogP contribution < -0.4 is 14.4 Å². The number of methoxy groups -OCH3 is 1. The third-order valence-electron chi connectivity index (χ3n) is 7.96. The van der Waals surface area contributed by atoms with Crippen molar-refractivity contribution in [1.29, 1.82) is 0 Å². The van der Waals surface area contributed by atoms with Gasteiger partial charge in [-0.1, -0.05) is 55.2 Å². The van der Waals surface area contributed by atoms with Gasteiger partial charge in [-0.25, -0.2) is 8.42 Å². The van der Waals surface area contributed by atoms with E-state index in [0.717, 1.165) is 49.8 Å². The van der Waals surface area contributed by atoms with Crippen LogP contribution in [-0.2, 0) is 32.3 Å². The molecule has 2 amide bonds. The number of nitrogens with zero attached hydrogens (tertiary/aromatic N) is 2. The standard InChI is InChI=1S/C33H38F3N3O5S/c1-23-15-17-30(18-16-23)45(42,43)39(28-13-8-10-26(20-28)33(34,35)36)22-31(40)38(21-25-9-7-14-29(19-25)44-3)24(2)32(41)37-27-11-5-4-6-12-27/h7-10,13-20,24,27H,4-6,11-12,21-22H2,1-3H3,(H,37,41). The van der Waals surface area contributed by atoms with E-state index in [2.05, 4.69) is 5.32 Å². The lowest BCUT2D eigenvalue weighted by molar-refractivity contribution is -0.139.